The minimum absolute atomic E-state index is 0.198. The highest BCUT2D eigenvalue weighted by Crippen LogP contribution is 2.52. The van der Waals surface area contributed by atoms with Crippen LogP contribution in [-0.4, -0.2) is 26.2 Å². The second-order valence-electron chi connectivity index (χ2n) is 22.2. The highest BCUT2D eigenvalue weighted by atomic mass is 15.4. The third kappa shape index (κ3) is 14.6. The lowest BCUT2D eigenvalue weighted by Crippen LogP contribution is -2.38. The van der Waals surface area contributed by atoms with Gasteiger partial charge in [-0.3, -0.25) is 0 Å². The third-order valence-corrected chi connectivity index (χ3v) is 11.6. The zero-order valence-corrected chi connectivity index (χ0v) is 37.6. The first-order chi connectivity index (χ1) is 24.0. The molecule has 1 aromatic rings. The van der Waals surface area contributed by atoms with Gasteiger partial charge in [0.1, 0.15) is 0 Å². The van der Waals surface area contributed by atoms with Crippen LogP contribution in [0.4, 0.5) is 22.7 Å². The summed E-state index contributed by atoms with van der Waals surface area (Å²) in [6, 6.07) is 5.05. The fourth-order valence-electron chi connectivity index (χ4n) is 8.39. The molecule has 0 bridgehead atoms. The maximum absolute atomic E-state index is 3.98. The minimum Gasteiger partial charge on any atom is -0.339 e. The number of rotatable bonds is 24. The van der Waals surface area contributed by atoms with Crippen molar-refractivity contribution in [2.45, 2.75) is 188 Å². The van der Waals surface area contributed by atoms with E-state index in [0.29, 0.717) is 0 Å². The molecular weight excluding hydrogens is 633 g/mol. The molecule has 0 saturated heterocycles. The number of benzene rings is 1. The summed E-state index contributed by atoms with van der Waals surface area (Å²) < 4.78 is 0. The summed E-state index contributed by atoms with van der Waals surface area (Å²) in [5.74, 6) is 3.03. The van der Waals surface area contributed by atoms with Gasteiger partial charge in [0.2, 0.25) is 13.3 Å². The van der Waals surface area contributed by atoms with Crippen LogP contribution in [0.2, 0.25) is 0 Å². The average Bonchev–Trinajstić information content (AvgIpc) is 3.45. The molecule has 0 unspecified atom stereocenters. The average molecular weight is 719 g/mol. The second-order valence-corrected chi connectivity index (χ2v) is 22.2. The van der Waals surface area contributed by atoms with E-state index in [9.17, 15) is 0 Å². The molecule has 2 heterocycles. The van der Waals surface area contributed by atoms with Crippen LogP contribution < -0.4 is 19.6 Å². The lowest BCUT2D eigenvalue weighted by Gasteiger charge is -2.34. The summed E-state index contributed by atoms with van der Waals surface area (Å²) >= 11 is 0. The highest BCUT2D eigenvalue weighted by Gasteiger charge is 2.40. The Kier molecular flexibility index (Phi) is 16.2. The maximum Gasteiger partial charge on any atom is 0.208 e. The zero-order chi connectivity index (χ0) is 39.1. The van der Waals surface area contributed by atoms with Gasteiger partial charge in [-0.1, -0.05) is 162 Å². The molecule has 1 aromatic carbocycles. The second kappa shape index (κ2) is 18.8. The van der Waals surface area contributed by atoms with Gasteiger partial charge < -0.3 is 19.6 Å². The molecule has 3 rings (SSSR count). The van der Waals surface area contributed by atoms with Crippen LogP contribution in [0.15, 0.2) is 12.1 Å². The molecule has 0 aliphatic carbocycles. The predicted molar refractivity (Wildman–Crippen MR) is 232 cm³/mol. The number of fused-ring (bicyclic) bond motifs is 2. The summed E-state index contributed by atoms with van der Waals surface area (Å²) in [4.78, 5) is 10.00. The third-order valence-electron chi connectivity index (χ3n) is 11.6. The van der Waals surface area contributed by atoms with Crippen LogP contribution in [-0.2, 0) is 0 Å². The Morgan fingerprint density at radius 1 is 0.385 bits per heavy atom. The first-order valence-electron chi connectivity index (χ1n) is 21.8. The van der Waals surface area contributed by atoms with Crippen LogP contribution in [0.25, 0.3) is 0 Å². The number of anilines is 4. The van der Waals surface area contributed by atoms with E-state index in [0.717, 1.165) is 49.9 Å². The maximum atomic E-state index is 3.98. The topological polar surface area (TPSA) is 13.0 Å². The fraction of sp³-hybridized carbons (Fsp3) is 0.833. The van der Waals surface area contributed by atoms with Crippen molar-refractivity contribution in [2.75, 3.05) is 45.8 Å². The largest absolute Gasteiger partial charge is 0.339 e. The van der Waals surface area contributed by atoms with Gasteiger partial charge in [0.15, 0.2) is 0 Å². The summed E-state index contributed by atoms with van der Waals surface area (Å²) in [6.45, 7) is 50.5. The molecule has 298 valence electrons. The van der Waals surface area contributed by atoms with E-state index in [2.05, 4.69) is 156 Å². The lowest BCUT2D eigenvalue weighted by molar-refractivity contribution is 0.311. The van der Waals surface area contributed by atoms with E-state index in [4.69, 9.17) is 0 Å². The Morgan fingerprint density at radius 2 is 0.577 bits per heavy atom. The van der Waals surface area contributed by atoms with Gasteiger partial charge >= 0.3 is 0 Å². The smallest absolute Gasteiger partial charge is 0.208 e. The SMILES string of the molecule is CC(C)CCCC(C)(C)CN1[C]N(CC(C)(C)CCCC(C)C)c2cc3c(cc21)N(CC(C)(C)CCCC(C)C)[C]N3CC(C)(C)CCCC(C)C. The van der Waals surface area contributed by atoms with Gasteiger partial charge in [0, 0.05) is 26.2 Å². The van der Waals surface area contributed by atoms with Crippen molar-refractivity contribution in [3.63, 3.8) is 0 Å². The van der Waals surface area contributed by atoms with Crippen molar-refractivity contribution >= 4 is 22.7 Å². The van der Waals surface area contributed by atoms with Gasteiger partial charge in [-0.05, 0) is 83.1 Å². The molecule has 0 atom stereocenters. The van der Waals surface area contributed by atoms with E-state index in [1.807, 2.05) is 0 Å². The zero-order valence-electron chi connectivity index (χ0n) is 37.6. The van der Waals surface area contributed by atoms with Gasteiger partial charge in [0.25, 0.3) is 0 Å². The normalized spacial score (nSPS) is 15.8. The Hall–Kier alpha value is -1.58. The van der Waals surface area contributed by atoms with Crippen molar-refractivity contribution in [1.82, 2.24) is 0 Å². The van der Waals surface area contributed by atoms with E-state index in [-0.39, 0.29) is 21.7 Å². The van der Waals surface area contributed by atoms with Gasteiger partial charge in [0.05, 0.1) is 22.7 Å². The van der Waals surface area contributed by atoms with E-state index in [1.165, 1.54) is 99.8 Å². The minimum atomic E-state index is 0.198. The van der Waals surface area contributed by atoms with Crippen molar-refractivity contribution in [1.29, 1.82) is 0 Å². The van der Waals surface area contributed by atoms with Crippen molar-refractivity contribution < 1.29 is 0 Å². The van der Waals surface area contributed by atoms with Gasteiger partial charge in [-0.25, -0.2) is 0 Å². The Labute approximate surface area is 326 Å². The van der Waals surface area contributed by atoms with Gasteiger partial charge in [-0.15, -0.1) is 0 Å². The molecule has 2 aliphatic heterocycles. The number of hydrogen-bond acceptors (Lipinski definition) is 4. The number of hydrogen-bond donors (Lipinski definition) is 0. The molecule has 4 radical (unpaired) electrons. The van der Waals surface area contributed by atoms with Crippen molar-refractivity contribution in [3.8, 4) is 0 Å². The quantitative estimate of drug-likeness (QED) is 0.105. The summed E-state index contributed by atoms with van der Waals surface area (Å²) in [5, 5.41) is 0. The molecular formula is C48H86N4. The molecule has 2 aliphatic rings. The summed E-state index contributed by atoms with van der Waals surface area (Å²) in [5.41, 5.74) is 6.11. The fourth-order valence-corrected chi connectivity index (χ4v) is 8.39. The van der Waals surface area contributed by atoms with E-state index in [1.54, 1.807) is 0 Å². The highest BCUT2D eigenvalue weighted by molar-refractivity contribution is 5.92. The Balaban J connectivity index is 2.02. The lowest BCUT2D eigenvalue weighted by atomic mass is 9.85. The monoisotopic (exact) mass is 719 g/mol. The first-order valence-corrected chi connectivity index (χ1v) is 21.8. The molecule has 52 heavy (non-hydrogen) atoms. The van der Waals surface area contributed by atoms with Crippen molar-refractivity contribution in [3.05, 3.63) is 25.5 Å². The molecule has 0 spiro atoms. The number of nitrogens with zero attached hydrogens (tertiary/aromatic N) is 4. The molecule has 0 amide bonds. The van der Waals surface area contributed by atoms with E-state index < -0.39 is 0 Å². The molecule has 4 heteroatoms. The molecule has 0 aromatic heterocycles. The molecule has 4 nitrogen and oxygen atoms in total. The molecule has 0 saturated carbocycles. The Morgan fingerprint density at radius 3 is 0.750 bits per heavy atom. The van der Waals surface area contributed by atoms with Crippen LogP contribution in [0, 0.1) is 58.7 Å². The molecule has 0 fully saturated rings. The van der Waals surface area contributed by atoms with Crippen LogP contribution in [0.1, 0.15) is 188 Å². The standard InChI is InChI=1S/C48H86N4/c1-37(2)21-17-25-45(9,10)31-49-35-50(32-46(11,12)26-18-22-38(3)4)42-30-44-43(29-41(42)49)51(33-47(13,14)27-19-23-39(5)6)36-52(44)34-48(15,16)28-20-24-40(7)8/h29-30,37-40H,17-28,31-34H2,1-16H3. The summed E-state index contributed by atoms with van der Waals surface area (Å²) in [7, 11) is 0. The van der Waals surface area contributed by atoms with E-state index >= 15 is 0 Å². The van der Waals surface area contributed by atoms with Gasteiger partial charge in [-0.2, -0.15) is 0 Å². The van der Waals surface area contributed by atoms with Crippen LogP contribution >= 0.6 is 0 Å². The van der Waals surface area contributed by atoms with Crippen molar-refractivity contribution in [2.24, 2.45) is 45.3 Å². The van der Waals surface area contributed by atoms with Crippen LogP contribution in [0.5, 0.6) is 0 Å². The summed E-state index contributed by atoms with van der Waals surface area (Å²) in [6.07, 6.45) is 15.3. The first kappa shape index (κ1) is 44.8. The van der Waals surface area contributed by atoms with Crippen LogP contribution in [0.3, 0.4) is 0 Å². The predicted octanol–water partition coefficient (Wildman–Crippen LogP) is 14.3. The Bertz CT molecular complexity index is 1020. The molecule has 0 N–H and O–H groups in total.